The van der Waals surface area contributed by atoms with Crippen LogP contribution in [0.3, 0.4) is 0 Å². The molecule has 0 aromatic heterocycles. The molecule has 3 atom stereocenters. The number of benzene rings is 1. The van der Waals surface area contributed by atoms with Gasteiger partial charge in [-0.15, -0.1) is 0 Å². The van der Waals surface area contributed by atoms with Gasteiger partial charge >= 0.3 is 0 Å². The molecule has 2 N–H and O–H groups in total. The Bertz CT molecular complexity index is 748. The number of piperidine rings is 1. The maximum atomic E-state index is 11.6. The van der Waals surface area contributed by atoms with E-state index in [0.29, 0.717) is 44.9 Å². The lowest BCUT2D eigenvalue weighted by Gasteiger charge is -2.37. The fourth-order valence-corrected chi connectivity index (χ4v) is 5.42. The van der Waals surface area contributed by atoms with E-state index in [9.17, 15) is 13.5 Å². The summed E-state index contributed by atoms with van der Waals surface area (Å²) in [7, 11) is -3.11. The third-order valence-corrected chi connectivity index (χ3v) is 7.31. The average Bonchev–Trinajstić information content (AvgIpc) is 2.99. The molecule has 1 aromatic carbocycles. The molecular weight excluding hydrogens is 366 g/mol. The zero-order valence-corrected chi connectivity index (χ0v) is 16.6. The molecule has 3 saturated heterocycles. The van der Waals surface area contributed by atoms with Crippen LogP contribution in [0.25, 0.3) is 0 Å². The van der Waals surface area contributed by atoms with E-state index in [-0.39, 0.29) is 0 Å². The Hall–Kier alpha value is -1.35. The maximum Gasteiger partial charge on any atom is 0.211 e. The van der Waals surface area contributed by atoms with Gasteiger partial charge in [-0.3, -0.25) is 0 Å². The van der Waals surface area contributed by atoms with E-state index in [0.717, 1.165) is 37.1 Å². The van der Waals surface area contributed by atoms with E-state index >= 15 is 0 Å². The Morgan fingerprint density at radius 1 is 1.11 bits per heavy atom. The van der Waals surface area contributed by atoms with Gasteiger partial charge in [-0.25, -0.2) is 8.42 Å². The van der Waals surface area contributed by atoms with E-state index in [1.165, 1.54) is 10.6 Å². The molecule has 3 heterocycles. The van der Waals surface area contributed by atoms with Gasteiger partial charge in [-0.1, -0.05) is 0 Å². The molecule has 0 amide bonds. The number of rotatable bonds is 5. The van der Waals surface area contributed by atoms with Crippen LogP contribution in [0.15, 0.2) is 24.3 Å². The number of nitrogens with one attached hydrogen (secondary N) is 1. The van der Waals surface area contributed by atoms with E-state index in [4.69, 9.17) is 4.74 Å². The second kappa shape index (κ2) is 7.24. The van der Waals surface area contributed by atoms with Gasteiger partial charge < -0.3 is 20.1 Å². The van der Waals surface area contributed by atoms with Crippen molar-refractivity contribution < 1.29 is 18.3 Å². The minimum absolute atomic E-state index is 0.327. The van der Waals surface area contributed by atoms with Gasteiger partial charge in [0.15, 0.2) is 0 Å². The van der Waals surface area contributed by atoms with Crippen molar-refractivity contribution in [1.82, 2.24) is 9.62 Å². The SMILES string of the molecule is CS(=O)(=O)N1CCN(c2ccc(OCC3(O)C[C@H]4CC[C@@H](C3)N4)cc2)CC1. The van der Waals surface area contributed by atoms with Gasteiger partial charge in [-0.2, -0.15) is 4.31 Å². The Balaban J connectivity index is 1.31. The Labute approximate surface area is 161 Å². The summed E-state index contributed by atoms with van der Waals surface area (Å²) in [5.74, 6) is 0.757. The van der Waals surface area contributed by atoms with Crippen LogP contribution in [-0.2, 0) is 10.0 Å². The number of hydrogen-bond acceptors (Lipinski definition) is 6. The molecule has 3 aliphatic rings. The zero-order chi connectivity index (χ0) is 19.1. The molecule has 150 valence electrons. The first-order valence-corrected chi connectivity index (χ1v) is 11.6. The minimum atomic E-state index is -3.11. The molecule has 0 aliphatic carbocycles. The van der Waals surface area contributed by atoms with E-state index < -0.39 is 15.6 Å². The van der Waals surface area contributed by atoms with Gasteiger partial charge in [0.25, 0.3) is 0 Å². The Kier molecular flexibility index (Phi) is 5.09. The fraction of sp³-hybridized carbons (Fsp3) is 0.684. The van der Waals surface area contributed by atoms with Gasteiger partial charge in [0, 0.05) is 44.0 Å². The summed E-state index contributed by atoms with van der Waals surface area (Å²) < 4.78 is 30.6. The molecule has 4 rings (SSSR count). The molecule has 1 aromatic rings. The van der Waals surface area contributed by atoms with Crippen LogP contribution in [-0.4, -0.2) is 74.6 Å². The van der Waals surface area contributed by atoms with Crippen LogP contribution in [0.2, 0.25) is 0 Å². The van der Waals surface area contributed by atoms with Crippen molar-refractivity contribution in [2.24, 2.45) is 0 Å². The predicted octanol–water partition coefficient (Wildman–Crippen LogP) is 0.792. The van der Waals surface area contributed by atoms with Crippen LogP contribution in [0, 0.1) is 0 Å². The summed E-state index contributed by atoms with van der Waals surface area (Å²) in [6.45, 7) is 2.72. The minimum Gasteiger partial charge on any atom is -0.491 e. The molecule has 3 aliphatic heterocycles. The van der Waals surface area contributed by atoms with Crippen LogP contribution in [0.5, 0.6) is 5.75 Å². The number of fused-ring (bicyclic) bond motifs is 2. The van der Waals surface area contributed by atoms with Gasteiger partial charge in [0.05, 0.1) is 6.26 Å². The summed E-state index contributed by atoms with van der Waals surface area (Å²) in [4.78, 5) is 2.18. The summed E-state index contributed by atoms with van der Waals surface area (Å²) in [6, 6.07) is 8.70. The smallest absolute Gasteiger partial charge is 0.211 e. The van der Waals surface area contributed by atoms with E-state index in [1.807, 2.05) is 24.3 Å². The highest BCUT2D eigenvalue weighted by atomic mass is 32.2. The normalized spacial score (nSPS) is 31.9. The van der Waals surface area contributed by atoms with Crippen molar-refractivity contribution in [1.29, 1.82) is 0 Å². The monoisotopic (exact) mass is 395 g/mol. The molecule has 2 bridgehead atoms. The molecule has 8 heteroatoms. The van der Waals surface area contributed by atoms with Crippen LogP contribution in [0.4, 0.5) is 5.69 Å². The largest absolute Gasteiger partial charge is 0.491 e. The molecule has 0 radical (unpaired) electrons. The third kappa shape index (κ3) is 4.39. The standard InChI is InChI=1S/C19H29N3O4S/c1-27(24,25)22-10-8-21(9-11-22)17-4-6-18(7-5-17)26-14-19(23)12-15-2-3-16(13-19)20-15/h4-7,15-16,20,23H,2-3,8-14H2,1H3/t15-,16+,19?. The number of sulfonamides is 1. The zero-order valence-electron chi connectivity index (χ0n) is 15.8. The fourth-order valence-electron chi connectivity index (χ4n) is 4.59. The van der Waals surface area contributed by atoms with Crippen LogP contribution < -0.4 is 15.0 Å². The predicted molar refractivity (Wildman–Crippen MR) is 105 cm³/mol. The number of hydrogen-bond donors (Lipinski definition) is 2. The second-order valence-corrected chi connectivity index (χ2v) is 10.2. The lowest BCUT2D eigenvalue weighted by Crippen LogP contribution is -2.51. The van der Waals surface area contributed by atoms with Gasteiger partial charge in [-0.05, 0) is 49.9 Å². The first kappa shape index (κ1) is 19.0. The highest BCUT2D eigenvalue weighted by Gasteiger charge is 2.42. The van der Waals surface area contributed by atoms with Gasteiger partial charge in [0.2, 0.25) is 10.0 Å². The highest BCUT2D eigenvalue weighted by Crippen LogP contribution is 2.34. The van der Waals surface area contributed by atoms with Crippen LogP contribution >= 0.6 is 0 Å². The van der Waals surface area contributed by atoms with Crippen molar-refractivity contribution in [2.45, 2.75) is 43.4 Å². The quantitative estimate of drug-likeness (QED) is 0.767. The Morgan fingerprint density at radius 3 is 2.26 bits per heavy atom. The number of piperazine rings is 1. The molecular formula is C19H29N3O4S. The summed E-state index contributed by atoms with van der Waals surface area (Å²) in [5.41, 5.74) is 0.326. The van der Waals surface area contributed by atoms with Crippen molar-refractivity contribution in [3.05, 3.63) is 24.3 Å². The highest BCUT2D eigenvalue weighted by molar-refractivity contribution is 7.88. The number of nitrogens with zero attached hydrogens (tertiary/aromatic N) is 2. The van der Waals surface area contributed by atoms with Crippen molar-refractivity contribution in [2.75, 3.05) is 43.9 Å². The number of aliphatic hydroxyl groups is 1. The lowest BCUT2D eigenvalue weighted by atomic mass is 9.88. The molecule has 27 heavy (non-hydrogen) atoms. The first-order valence-electron chi connectivity index (χ1n) is 9.72. The van der Waals surface area contributed by atoms with Crippen molar-refractivity contribution >= 4 is 15.7 Å². The second-order valence-electron chi connectivity index (χ2n) is 8.20. The Morgan fingerprint density at radius 2 is 1.70 bits per heavy atom. The topological polar surface area (TPSA) is 82.1 Å². The first-order chi connectivity index (χ1) is 12.8. The van der Waals surface area contributed by atoms with Crippen molar-refractivity contribution in [3.63, 3.8) is 0 Å². The molecule has 0 spiro atoms. The average molecular weight is 396 g/mol. The van der Waals surface area contributed by atoms with Crippen molar-refractivity contribution in [3.8, 4) is 5.75 Å². The summed E-state index contributed by atoms with van der Waals surface area (Å²) in [6.07, 6.45) is 5.07. The van der Waals surface area contributed by atoms with Gasteiger partial charge in [0.1, 0.15) is 18.0 Å². The van der Waals surface area contributed by atoms with E-state index in [2.05, 4.69) is 10.2 Å². The maximum absolute atomic E-state index is 11.6. The third-order valence-electron chi connectivity index (χ3n) is 6.00. The van der Waals surface area contributed by atoms with E-state index in [1.54, 1.807) is 0 Å². The molecule has 1 unspecified atom stereocenters. The lowest BCUT2D eigenvalue weighted by molar-refractivity contribution is -0.0421. The molecule has 7 nitrogen and oxygen atoms in total. The number of anilines is 1. The molecule has 0 saturated carbocycles. The molecule has 3 fully saturated rings. The van der Waals surface area contributed by atoms with Crippen LogP contribution in [0.1, 0.15) is 25.7 Å². The number of ether oxygens (including phenoxy) is 1. The summed E-state index contributed by atoms with van der Waals surface area (Å²) in [5, 5.41) is 14.4. The summed E-state index contributed by atoms with van der Waals surface area (Å²) >= 11 is 0.